The summed E-state index contributed by atoms with van der Waals surface area (Å²) in [6.07, 6.45) is 1.48. The summed E-state index contributed by atoms with van der Waals surface area (Å²) in [6.45, 7) is 6.02. The van der Waals surface area contributed by atoms with E-state index in [-0.39, 0.29) is 5.91 Å². The number of amides is 1. The van der Waals surface area contributed by atoms with Gasteiger partial charge in [0.2, 0.25) is 5.91 Å². The van der Waals surface area contributed by atoms with Gasteiger partial charge in [0, 0.05) is 18.2 Å². The molecule has 1 unspecified atom stereocenters. The fourth-order valence-electron chi connectivity index (χ4n) is 1.33. The Labute approximate surface area is 108 Å². The van der Waals surface area contributed by atoms with Gasteiger partial charge in [-0.25, -0.2) is 0 Å². The van der Waals surface area contributed by atoms with Crippen molar-refractivity contribution in [3.63, 3.8) is 0 Å². The summed E-state index contributed by atoms with van der Waals surface area (Å²) in [5.41, 5.74) is 1.63. The van der Waals surface area contributed by atoms with Crippen LogP contribution >= 0.6 is 11.6 Å². The highest BCUT2D eigenvalue weighted by atomic mass is 35.5. The SMILES string of the molecule is CCC(=O)Nc1ccc(Cl)c(NC(C)CC)c1. The largest absolute Gasteiger partial charge is 0.381 e. The second-order valence-electron chi connectivity index (χ2n) is 4.05. The Morgan fingerprint density at radius 1 is 1.41 bits per heavy atom. The molecule has 0 aromatic heterocycles. The molecule has 0 aliphatic carbocycles. The summed E-state index contributed by atoms with van der Waals surface area (Å²) in [5.74, 6) is 0.00168. The first kappa shape index (κ1) is 13.8. The summed E-state index contributed by atoms with van der Waals surface area (Å²) in [6, 6.07) is 5.81. The standard InChI is InChI=1S/C13H19ClN2O/c1-4-9(3)15-12-8-10(6-7-11(12)14)16-13(17)5-2/h6-9,15H,4-5H2,1-3H3,(H,16,17). The lowest BCUT2D eigenvalue weighted by atomic mass is 10.2. The van der Waals surface area contributed by atoms with Crippen molar-refractivity contribution in [2.24, 2.45) is 0 Å². The van der Waals surface area contributed by atoms with Gasteiger partial charge in [0.25, 0.3) is 0 Å². The maximum absolute atomic E-state index is 11.3. The molecular weight excluding hydrogens is 236 g/mol. The molecule has 1 atom stereocenters. The minimum Gasteiger partial charge on any atom is -0.381 e. The Morgan fingerprint density at radius 3 is 2.71 bits per heavy atom. The van der Waals surface area contributed by atoms with Gasteiger partial charge in [-0.15, -0.1) is 0 Å². The number of rotatable bonds is 5. The number of anilines is 2. The molecule has 1 aromatic carbocycles. The lowest BCUT2D eigenvalue weighted by Crippen LogP contribution is -2.14. The third-order valence-corrected chi connectivity index (χ3v) is 2.92. The second kappa shape index (κ2) is 6.50. The molecule has 17 heavy (non-hydrogen) atoms. The molecule has 94 valence electrons. The highest BCUT2D eigenvalue weighted by Gasteiger charge is 2.06. The van der Waals surface area contributed by atoms with Gasteiger partial charge in [-0.2, -0.15) is 0 Å². The van der Waals surface area contributed by atoms with Gasteiger partial charge in [0.15, 0.2) is 0 Å². The number of carbonyl (C=O) groups excluding carboxylic acids is 1. The summed E-state index contributed by atoms with van der Waals surface area (Å²) < 4.78 is 0. The minimum absolute atomic E-state index is 0.00168. The summed E-state index contributed by atoms with van der Waals surface area (Å²) in [4.78, 5) is 11.3. The Kier molecular flexibility index (Phi) is 5.29. The average molecular weight is 255 g/mol. The molecule has 0 saturated heterocycles. The quantitative estimate of drug-likeness (QED) is 0.837. The van der Waals surface area contributed by atoms with E-state index in [4.69, 9.17) is 11.6 Å². The van der Waals surface area contributed by atoms with E-state index in [0.717, 1.165) is 17.8 Å². The Morgan fingerprint density at radius 2 is 2.12 bits per heavy atom. The molecule has 3 nitrogen and oxygen atoms in total. The first-order valence-electron chi connectivity index (χ1n) is 5.92. The highest BCUT2D eigenvalue weighted by Crippen LogP contribution is 2.26. The molecule has 1 aromatic rings. The van der Waals surface area contributed by atoms with Crippen LogP contribution in [0.15, 0.2) is 18.2 Å². The molecule has 2 N–H and O–H groups in total. The molecule has 0 aliphatic rings. The predicted molar refractivity (Wildman–Crippen MR) is 73.7 cm³/mol. The Bertz CT molecular complexity index is 393. The van der Waals surface area contributed by atoms with E-state index >= 15 is 0 Å². The smallest absolute Gasteiger partial charge is 0.224 e. The zero-order chi connectivity index (χ0) is 12.8. The van der Waals surface area contributed by atoms with E-state index in [1.54, 1.807) is 12.1 Å². The van der Waals surface area contributed by atoms with Gasteiger partial charge in [-0.3, -0.25) is 4.79 Å². The van der Waals surface area contributed by atoms with Crippen LogP contribution in [-0.2, 0) is 4.79 Å². The summed E-state index contributed by atoms with van der Waals surface area (Å²) in [7, 11) is 0. The topological polar surface area (TPSA) is 41.1 Å². The van der Waals surface area contributed by atoms with Crippen LogP contribution in [-0.4, -0.2) is 11.9 Å². The average Bonchev–Trinajstić information content (AvgIpc) is 2.33. The van der Waals surface area contributed by atoms with Crippen LogP contribution in [0.4, 0.5) is 11.4 Å². The van der Waals surface area contributed by atoms with Crippen LogP contribution in [0, 0.1) is 0 Å². The van der Waals surface area contributed by atoms with Gasteiger partial charge in [-0.05, 0) is 31.5 Å². The van der Waals surface area contributed by atoms with Gasteiger partial charge in [-0.1, -0.05) is 25.4 Å². The number of halogens is 1. The molecule has 1 rings (SSSR count). The molecule has 1 amide bonds. The normalized spacial score (nSPS) is 12.0. The van der Waals surface area contributed by atoms with Crippen LogP contribution < -0.4 is 10.6 Å². The van der Waals surface area contributed by atoms with Crippen LogP contribution in [0.2, 0.25) is 5.02 Å². The first-order chi connectivity index (χ1) is 8.06. The van der Waals surface area contributed by atoms with Crippen molar-refractivity contribution >= 4 is 28.9 Å². The van der Waals surface area contributed by atoms with Crippen molar-refractivity contribution in [2.75, 3.05) is 10.6 Å². The van der Waals surface area contributed by atoms with Gasteiger partial charge in [0.05, 0.1) is 10.7 Å². The van der Waals surface area contributed by atoms with E-state index in [1.165, 1.54) is 0 Å². The second-order valence-corrected chi connectivity index (χ2v) is 4.46. The Hall–Kier alpha value is -1.22. The monoisotopic (exact) mass is 254 g/mol. The molecule has 0 radical (unpaired) electrons. The number of carbonyl (C=O) groups is 1. The first-order valence-corrected chi connectivity index (χ1v) is 6.30. The third-order valence-electron chi connectivity index (χ3n) is 2.59. The molecular formula is C13H19ClN2O. The number of hydrogen-bond acceptors (Lipinski definition) is 2. The van der Waals surface area contributed by atoms with Crippen molar-refractivity contribution in [1.82, 2.24) is 0 Å². The summed E-state index contributed by atoms with van der Waals surface area (Å²) >= 11 is 6.09. The van der Waals surface area contributed by atoms with E-state index in [0.29, 0.717) is 17.5 Å². The van der Waals surface area contributed by atoms with Crippen LogP contribution in [0.5, 0.6) is 0 Å². The van der Waals surface area contributed by atoms with E-state index < -0.39 is 0 Å². The summed E-state index contributed by atoms with van der Waals surface area (Å²) in [5, 5.41) is 6.79. The lowest BCUT2D eigenvalue weighted by Gasteiger charge is -2.15. The molecule has 0 bridgehead atoms. The fourth-order valence-corrected chi connectivity index (χ4v) is 1.50. The number of benzene rings is 1. The molecule has 0 heterocycles. The third kappa shape index (κ3) is 4.27. The van der Waals surface area contributed by atoms with Crippen LogP contribution in [0.3, 0.4) is 0 Å². The number of nitrogens with one attached hydrogen (secondary N) is 2. The molecule has 0 fully saturated rings. The maximum Gasteiger partial charge on any atom is 0.224 e. The van der Waals surface area contributed by atoms with Crippen LogP contribution in [0.1, 0.15) is 33.6 Å². The van der Waals surface area contributed by atoms with Gasteiger partial charge in [0.1, 0.15) is 0 Å². The maximum atomic E-state index is 11.3. The van der Waals surface area contributed by atoms with Crippen molar-refractivity contribution < 1.29 is 4.79 Å². The molecule has 0 spiro atoms. The van der Waals surface area contributed by atoms with E-state index in [1.807, 2.05) is 13.0 Å². The van der Waals surface area contributed by atoms with Crippen molar-refractivity contribution in [1.29, 1.82) is 0 Å². The number of hydrogen-bond donors (Lipinski definition) is 2. The fraction of sp³-hybridized carbons (Fsp3) is 0.462. The van der Waals surface area contributed by atoms with E-state index in [2.05, 4.69) is 24.5 Å². The predicted octanol–water partition coefficient (Wildman–Crippen LogP) is 3.90. The molecule has 4 heteroatoms. The zero-order valence-corrected chi connectivity index (χ0v) is 11.3. The Balaban J connectivity index is 2.82. The highest BCUT2D eigenvalue weighted by molar-refractivity contribution is 6.33. The van der Waals surface area contributed by atoms with Gasteiger partial charge >= 0.3 is 0 Å². The minimum atomic E-state index is 0.00168. The zero-order valence-electron chi connectivity index (χ0n) is 10.5. The van der Waals surface area contributed by atoms with Crippen molar-refractivity contribution in [2.45, 2.75) is 39.7 Å². The van der Waals surface area contributed by atoms with Crippen molar-refractivity contribution in [3.05, 3.63) is 23.2 Å². The van der Waals surface area contributed by atoms with Crippen LogP contribution in [0.25, 0.3) is 0 Å². The van der Waals surface area contributed by atoms with E-state index in [9.17, 15) is 4.79 Å². The van der Waals surface area contributed by atoms with Crippen molar-refractivity contribution in [3.8, 4) is 0 Å². The lowest BCUT2D eigenvalue weighted by molar-refractivity contribution is -0.115. The molecule has 0 saturated carbocycles. The van der Waals surface area contributed by atoms with Gasteiger partial charge < -0.3 is 10.6 Å². The molecule has 0 aliphatic heterocycles.